The number of hydrogen-bond acceptors (Lipinski definition) is 4. The van der Waals surface area contributed by atoms with Gasteiger partial charge in [0.05, 0.1) is 0 Å². The number of nitrogens with zero attached hydrogens (tertiary/aromatic N) is 2. The van der Waals surface area contributed by atoms with E-state index in [0.717, 1.165) is 55.3 Å². The van der Waals surface area contributed by atoms with Gasteiger partial charge in [0.2, 0.25) is 5.89 Å². The fourth-order valence-corrected chi connectivity index (χ4v) is 9.07. The smallest absolute Gasteiger partial charge is 0.227 e. The molecule has 0 saturated carbocycles. The average Bonchev–Trinajstić information content (AvgIpc) is 3.83. The Kier molecular flexibility index (Phi) is 6.73. The summed E-state index contributed by atoms with van der Waals surface area (Å²) in [7, 11) is 0. The van der Waals surface area contributed by atoms with Crippen molar-refractivity contribution in [1.82, 2.24) is 4.98 Å². The molecule has 248 valence electrons. The summed E-state index contributed by atoms with van der Waals surface area (Å²) in [4.78, 5) is 7.35. The van der Waals surface area contributed by atoms with Gasteiger partial charge in [0.1, 0.15) is 5.52 Å². The van der Waals surface area contributed by atoms with Crippen molar-refractivity contribution in [3.63, 3.8) is 0 Å². The van der Waals surface area contributed by atoms with E-state index < -0.39 is 0 Å². The summed E-state index contributed by atoms with van der Waals surface area (Å²) in [6.07, 6.45) is 0. The van der Waals surface area contributed by atoms with Gasteiger partial charge in [-0.05, 0) is 111 Å². The molecule has 0 radical (unpaired) electrons. The molecular weight excluding hydrogens is 665 g/mol. The van der Waals surface area contributed by atoms with Crippen molar-refractivity contribution >= 4 is 92.0 Å². The largest absolute Gasteiger partial charge is 0.435 e. The van der Waals surface area contributed by atoms with E-state index in [0.29, 0.717) is 5.89 Å². The predicted octanol–water partition coefficient (Wildman–Crippen LogP) is 14.5. The first-order valence-electron chi connectivity index (χ1n) is 17.9. The third-order valence-corrected chi connectivity index (χ3v) is 11.6. The zero-order valence-electron chi connectivity index (χ0n) is 28.5. The first-order chi connectivity index (χ1) is 26.2. The fraction of sp³-hybridized carbons (Fsp3) is 0. The van der Waals surface area contributed by atoms with E-state index in [1.165, 1.54) is 42.1 Å². The molecule has 0 aliphatic heterocycles. The molecule has 0 aliphatic carbocycles. The lowest BCUT2D eigenvalue weighted by molar-refractivity contribution is 0.623. The second-order valence-electron chi connectivity index (χ2n) is 13.6. The van der Waals surface area contributed by atoms with Gasteiger partial charge in [-0.25, -0.2) is 4.98 Å². The Bertz CT molecular complexity index is 3180. The highest BCUT2D eigenvalue weighted by Gasteiger charge is 2.20. The van der Waals surface area contributed by atoms with Crippen molar-refractivity contribution in [2.24, 2.45) is 0 Å². The number of para-hydroxylation sites is 1. The third kappa shape index (κ3) is 4.91. The minimum Gasteiger partial charge on any atom is -0.435 e. The van der Waals surface area contributed by atoms with Crippen LogP contribution in [-0.2, 0) is 0 Å². The molecule has 3 nitrogen and oxygen atoms in total. The van der Waals surface area contributed by atoms with E-state index in [9.17, 15) is 0 Å². The molecule has 0 unspecified atom stereocenters. The van der Waals surface area contributed by atoms with Gasteiger partial charge in [0, 0.05) is 48.2 Å². The van der Waals surface area contributed by atoms with E-state index in [2.05, 4.69) is 157 Å². The number of hydrogen-bond donors (Lipinski definition) is 0. The van der Waals surface area contributed by atoms with Crippen LogP contribution in [0.5, 0.6) is 0 Å². The first kappa shape index (κ1) is 29.9. The Balaban J connectivity index is 1.19. The van der Waals surface area contributed by atoms with Crippen molar-refractivity contribution in [2.45, 2.75) is 0 Å². The molecule has 53 heavy (non-hydrogen) atoms. The highest BCUT2D eigenvalue weighted by Crippen LogP contribution is 2.45. The van der Waals surface area contributed by atoms with Crippen LogP contribution in [0.1, 0.15) is 0 Å². The highest BCUT2D eigenvalue weighted by atomic mass is 32.1. The molecule has 0 bridgehead atoms. The summed E-state index contributed by atoms with van der Waals surface area (Å²) in [5.74, 6) is 0.624. The van der Waals surface area contributed by atoms with Crippen molar-refractivity contribution in [3.05, 3.63) is 182 Å². The van der Waals surface area contributed by atoms with Gasteiger partial charge in [-0.2, -0.15) is 0 Å². The quantitative estimate of drug-likeness (QED) is 0.168. The number of fused-ring (bicyclic) bond motifs is 9. The minimum atomic E-state index is 0.624. The van der Waals surface area contributed by atoms with E-state index >= 15 is 0 Å². The van der Waals surface area contributed by atoms with Gasteiger partial charge < -0.3 is 9.32 Å². The predicted molar refractivity (Wildman–Crippen MR) is 225 cm³/mol. The number of oxazole rings is 1. The van der Waals surface area contributed by atoms with Crippen LogP contribution >= 0.6 is 11.3 Å². The number of thiophene rings is 1. The Hall–Kier alpha value is -6.75. The molecule has 0 amide bonds. The van der Waals surface area contributed by atoms with Gasteiger partial charge >= 0.3 is 0 Å². The standard InChI is InChI=1S/C49H30N2OS/c1-3-12-32(13-4-1)49-50-44-26-21-35-28-42(34-20-19-31-11-7-8-14-33(31)27-34)39-24-22-37(29-43(39)47(35)48(44)52-49)51(36-15-5-2-6-16-36)38-23-25-41-40-17-9-10-18-45(40)53-46(41)30-38/h1-30H. The van der Waals surface area contributed by atoms with Crippen LogP contribution in [0.2, 0.25) is 0 Å². The van der Waals surface area contributed by atoms with Gasteiger partial charge in [-0.3, -0.25) is 0 Å². The maximum absolute atomic E-state index is 6.70. The molecule has 0 atom stereocenters. The van der Waals surface area contributed by atoms with Gasteiger partial charge in [0.15, 0.2) is 5.58 Å². The number of anilines is 3. The maximum Gasteiger partial charge on any atom is 0.227 e. The molecule has 0 saturated heterocycles. The van der Waals surface area contributed by atoms with Crippen LogP contribution < -0.4 is 4.90 Å². The van der Waals surface area contributed by atoms with E-state index in [-0.39, 0.29) is 0 Å². The molecule has 0 fully saturated rings. The lowest BCUT2D eigenvalue weighted by Gasteiger charge is -2.26. The van der Waals surface area contributed by atoms with Crippen LogP contribution in [0.15, 0.2) is 186 Å². The molecule has 0 aliphatic rings. The monoisotopic (exact) mass is 694 g/mol. The summed E-state index contributed by atoms with van der Waals surface area (Å²) < 4.78 is 9.27. The maximum atomic E-state index is 6.70. The molecule has 9 aromatic carbocycles. The second-order valence-corrected chi connectivity index (χ2v) is 14.6. The van der Waals surface area contributed by atoms with Gasteiger partial charge in [0.25, 0.3) is 0 Å². The van der Waals surface area contributed by atoms with Gasteiger partial charge in [-0.15, -0.1) is 11.3 Å². The molecule has 2 heterocycles. The Morgan fingerprint density at radius 2 is 1.13 bits per heavy atom. The number of rotatable bonds is 5. The summed E-state index contributed by atoms with van der Waals surface area (Å²) in [6.45, 7) is 0. The molecule has 4 heteroatoms. The lowest BCUT2D eigenvalue weighted by Crippen LogP contribution is -2.09. The van der Waals surface area contributed by atoms with Crippen molar-refractivity contribution in [1.29, 1.82) is 0 Å². The van der Waals surface area contributed by atoms with Crippen molar-refractivity contribution < 1.29 is 4.42 Å². The third-order valence-electron chi connectivity index (χ3n) is 10.4. The minimum absolute atomic E-state index is 0.624. The van der Waals surface area contributed by atoms with E-state index in [1.807, 2.05) is 41.7 Å². The molecule has 0 spiro atoms. The highest BCUT2D eigenvalue weighted by molar-refractivity contribution is 7.25. The first-order valence-corrected chi connectivity index (χ1v) is 18.7. The Labute approximate surface area is 309 Å². The van der Waals surface area contributed by atoms with E-state index in [4.69, 9.17) is 9.40 Å². The second kappa shape index (κ2) is 11.9. The van der Waals surface area contributed by atoms with Crippen LogP contribution in [0.3, 0.4) is 0 Å². The SMILES string of the molecule is c1ccc(-c2nc3ccc4cc(-c5ccc6ccccc6c5)c5ccc(N(c6ccccc6)c6ccc7c(c6)sc6ccccc67)cc5c4c3o2)cc1. The topological polar surface area (TPSA) is 29.3 Å². The average molecular weight is 695 g/mol. The van der Waals surface area contributed by atoms with Crippen LogP contribution in [0.25, 0.3) is 86.2 Å². The van der Waals surface area contributed by atoms with Crippen LogP contribution in [0, 0.1) is 0 Å². The zero-order chi connectivity index (χ0) is 34.9. The summed E-state index contributed by atoms with van der Waals surface area (Å²) in [6, 6.07) is 65.2. The number of aromatic nitrogens is 1. The molecule has 2 aromatic heterocycles. The zero-order valence-corrected chi connectivity index (χ0v) is 29.3. The van der Waals surface area contributed by atoms with Gasteiger partial charge in [-0.1, -0.05) is 109 Å². The molecule has 11 rings (SSSR count). The molecule has 0 N–H and O–H groups in total. The summed E-state index contributed by atoms with van der Waals surface area (Å²) >= 11 is 1.84. The van der Waals surface area contributed by atoms with Crippen molar-refractivity contribution in [3.8, 4) is 22.6 Å². The van der Waals surface area contributed by atoms with Crippen LogP contribution in [0.4, 0.5) is 17.1 Å². The van der Waals surface area contributed by atoms with Crippen molar-refractivity contribution in [2.75, 3.05) is 4.90 Å². The summed E-state index contributed by atoms with van der Waals surface area (Å²) in [5.41, 5.74) is 8.25. The lowest BCUT2D eigenvalue weighted by atomic mass is 9.91. The Morgan fingerprint density at radius 1 is 0.434 bits per heavy atom. The molecule has 11 aromatic rings. The summed E-state index contributed by atoms with van der Waals surface area (Å²) in [5, 5.41) is 9.49. The number of benzene rings is 9. The molecular formula is C49H30N2OS. The van der Waals surface area contributed by atoms with E-state index in [1.54, 1.807) is 0 Å². The fourth-order valence-electron chi connectivity index (χ4n) is 7.93. The Morgan fingerprint density at radius 3 is 2.00 bits per heavy atom. The van der Waals surface area contributed by atoms with Crippen LogP contribution in [-0.4, -0.2) is 4.98 Å². The normalized spacial score (nSPS) is 11.8.